The van der Waals surface area contributed by atoms with Gasteiger partial charge in [-0.2, -0.15) is 0 Å². The number of cyclic esters (lactones) is 1. The van der Waals surface area contributed by atoms with Gasteiger partial charge in [-0.3, -0.25) is 4.79 Å². The van der Waals surface area contributed by atoms with Crippen molar-refractivity contribution in [1.29, 1.82) is 0 Å². The molecule has 0 saturated carbocycles. The number of hydrogen-bond donors (Lipinski definition) is 0. The van der Waals surface area contributed by atoms with Crippen LogP contribution in [0.2, 0.25) is 0 Å². The first-order valence-corrected chi connectivity index (χ1v) is 2.90. The Balaban J connectivity index is 2.57. The minimum atomic E-state index is -0.271. The standard InChI is InChI=1S/C7H8O2/c1-3-6-4-5(2)7(8)9-6/h1,5-6H,4H2,2H3. The van der Waals surface area contributed by atoms with Crippen LogP contribution in [0.4, 0.5) is 0 Å². The minimum Gasteiger partial charge on any atom is -0.449 e. The van der Waals surface area contributed by atoms with Crippen LogP contribution >= 0.6 is 0 Å². The van der Waals surface area contributed by atoms with Gasteiger partial charge in [0.25, 0.3) is 0 Å². The molecule has 1 fully saturated rings. The first-order valence-electron chi connectivity index (χ1n) is 2.90. The molecule has 48 valence electrons. The quantitative estimate of drug-likeness (QED) is 0.348. The molecule has 0 aromatic heterocycles. The van der Waals surface area contributed by atoms with Crippen LogP contribution in [0.25, 0.3) is 0 Å². The lowest BCUT2D eigenvalue weighted by molar-refractivity contribution is -0.142. The van der Waals surface area contributed by atoms with Gasteiger partial charge in [-0.15, -0.1) is 6.42 Å². The van der Waals surface area contributed by atoms with E-state index in [1.165, 1.54) is 0 Å². The first-order chi connectivity index (χ1) is 4.24. The van der Waals surface area contributed by atoms with Gasteiger partial charge in [0, 0.05) is 6.42 Å². The lowest BCUT2D eigenvalue weighted by Gasteiger charge is -1.95. The predicted molar refractivity (Wildman–Crippen MR) is 32.5 cm³/mol. The summed E-state index contributed by atoms with van der Waals surface area (Å²) in [7, 11) is 0. The summed E-state index contributed by atoms with van der Waals surface area (Å²) < 4.78 is 4.75. The van der Waals surface area contributed by atoms with Crippen molar-refractivity contribution in [2.45, 2.75) is 19.4 Å². The van der Waals surface area contributed by atoms with Crippen molar-refractivity contribution in [3.8, 4) is 12.3 Å². The van der Waals surface area contributed by atoms with Crippen molar-refractivity contribution < 1.29 is 9.53 Å². The van der Waals surface area contributed by atoms with Gasteiger partial charge in [-0.25, -0.2) is 0 Å². The number of ether oxygens (including phenoxy) is 1. The SMILES string of the molecule is C#CC1CC(C)C(=O)O1. The van der Waals surface area contributed by atoms with E-state index in [9.17, 15) is 4.79 Å². The predicted octanol–water partition coefficient (Wildman–Crippen LogP) is 0.571. The molecule has 0 amide bonds. The Labute approximate surface area is 54.2 Å². The molecule has 9 heavy (non-hydrogen) atoms. The van der Waals surface area contributed by atoms with Gasteiger partial charge in [0.1, 0.15) is 0 Å². The number of hydrogen-bond acceptors (Lipinski definition) is 2. The lowest BCUT2D eigenvalue weighted by atomic mass is 10.1. The molecule has 0 spiro atoms. The third-order valence-electron chi connectivity index (χ3n) is 1.41. The van der Waals surface area contributed by atoms with Gasteiger partial charge in [0.05, 0.1) is 5.92 Å². The van der Waals surface area contributed by atoms with Crippen molar-refractivity contribution in [3.63, 3.8) is 0 Å². The van der Waals surface area contributed by atoms with Crippen LogP contribution in [-0.2, 0) is 9.53 Å². The fraction of sp³-hybridized carbons (Fsp3) is 0.571. The number of carbonyl (C=O) groups excluding carboxylic acids is 1. The van der Waals surface area contributed by atoms with Crippen LogP contribution in [0.5, 0.6) is 0 Å². The molecule has 0 aliphatic carbocycles. The molecule has 2 unspecified atom stereocenters. The Morgan fingerprint density at radius 1 is 1.89 bits per heavy atom. The average molecular weight is 124 g/mol. The highest BCUT2D eigenvalue weighted by Crippen LogP contribution is 2.18. The molecule has 0 bridgehead atoms. The second-order valence-electron chi connectivity index (χ2n) is 2.23. The van der Waals surface area contributed by atoms with Gasteiger partial charge in [-0.1, -0.05) is 12.8 Å². The zero-order valence-corrected chi connectivity index (χ0v) is 5.26. The second-order valence-corrected chi connectivity index (χ2v) is 2.23. The molecule has 0 aromatic rings. The third-order valence-corrected chi connectivity index (χ3v) is 1.41. The third kappa shape index (κ3) is 1.05. The van der Waals surface area contributed by atoms with Crippen molar-refractivity contribution in [2.75, 3.05) is 0 Å². The number of carbonyl (C=O) groups is 1. The van der Waals surface area contributed by atoms with Crippen LogP contribution in [0.3, 0.4) is 0 Å². The summed E-state index contributed by atoms with van der Waals surface area (Å²) in [6.07, 6.45) is 5.44. The normalized spacial score (nSPS) is 33.6. The average Bonchev–Trinajstić information content (AvgIpc) is 2.13. The fourth-order valence-corrected chi connectivity index (χ4v) is 0.824. The van der Waals surface area contributed by atoms with Gasteiger partial charge >= 0.3 is 5.97 Å². The summed E-state index contributed by atoms with van der Waals surface area (Å²) in [5, 5.41) is 0. The van der Waals surface area contributed by atoms with E-state index in [2.05, 4.69) is 5.92 Å². The molecular weight excluding hydrogens is 116 g/mol. The Hall–Kier alpha value is -0.970. The fourth-order valence-electron chi connectivity index (χ4n) is 0.824. The molecule has 0 N–H and O–H groups in total. The van der Waals surface area contributed by atoms with Crippen LogP contribution in [-0.4, -0.2) is 12.1 Å². The Bertz CT molecular complexity index is 166. The maximum Gasteiger partial charge on any atom is 0.310 e. The van der Waals surface area contributed by atoms with E-state index in [4.69, 9.17) is 11.2 Å². The summed E-state index contributed by atoms with van der Waals surface area (Å²) >= 11 is 0. The van der Waals surface area contributed by atoms with Crippen molar-refractivity contribution in [2.24, 2.45) is 5.92 Å². The van der Waals surface area contributed by atoms with E-state index in [0.717, 1.165) is 0 Å². The van der Waals surface area contributed by atoms with Crippen LogP contribution < -0.4 is 0 Å². The topological polar surface area (TPSA) is 26.3 Å². The molecule has 1 heterocycles. The Morgan fingerprint density at radius 3 is 2.78 bits per heavy atom. The number of esters is 1. The first kappa shape index (κ1) is 6.15. The van der Waals surface area contributed by atoms with Crippen molar-refractivity contribution in [1.82, 2.24) is 0 Å². The van der Waals surface area contributed by atoms with Gasteiger partial charge < -0.3 is 4.74 Å². The highest BCUT2D eigenvalue weighted by molar-refractivity contribution is 5.74. The monoisotopic (exact) mass is 124 g/mol. The minimum absolute atomic E-state index is 0.00829. The van der Waals surface area contributed by atoms with E-state index in [0.29, 0.717) is 6.42 Å². The lowest BCUT2D eigenvalue weighted by Crippen LogP contribution is -2.03. The molecule has 1 saturated heterocycles. The summed E-state index contributed by atoms with van der Waals surface area (Å²) in [6, 6.07) is 0. The summed E-state index contributed by atoms with van der Waals surface area (Å²) in [4.78, 5) is 10.6. The molecule has 0 aromatic carbocycles. The Morgan fingerprint density at radius 2 is 2.56 bits per heavy atom. The van der Waals surface area contributed by atoms with Crippen LogP contribution in [0.1, 0.15) is 13.3 Å². The summed E-state index contributed by atoms with van der Waals surface area (Å²) in [5.74, 6) is 2.20. The van der Waals surface area contributed by atoms with E-state index in [1.54, 1.807) is 0 Å². The van der Waals surface area contributed by atoms with Crippen molar-refractivity contribution in [3.05, 3.63) is 0 Å². The largest absolute Gasteiger partial charge is 0.449 e. The molecule has 2 atom stereocenters. The van der Waals surface area contributed by atoms with Crippen LogP contribution in [0, 0.1) is 18.3 Å². The summed E-state index contributed by atoms with van der Waals surface area (Å²) in [6.45, 7) is 1.82. The van der Waals surface area contributed by atoms with E-state index < -0.39 is 0 Å². The van der Waals surface area contributed by atoms with Gasteiger partial charge in [0.2, 0.25) is 0 Å². The molecular formula is C7H8O2. The zero-order valence-electron chi connectivity index (χ0n) is 5.26. The maximum absolute atomic E-state index is 10.6. The molecule has 2 heteroatoms. The second kappa shape index (κ2) is 2.10. The van der Waals surface area contributed by atoms with Crippen LogP contribution in [0.15, 0.2) is 0 Å². The van der Waals surface area contributed by atoms with E-state index >= 15 is 0 Å². The summed E-state index contributed by atoms with van der Waals surface area (Å²) in [5.41, 5.74) is 0. The molecule has 1 rings (SSSR count). The van der Waals surface area contributed by atoms with Crippen molar-refractivity contribution >= 4 is 5.97 Å². The molecule has 2 nitrogen and oxygen atoms in total. The number of terminal acetylenes is 1. The molecule has 1 aliphatic rings. The maximum atomic E-state index is 10.6. The van der Waals surface area contributed by atoms with E-state index in [1.807, 2.05) is 6.92 Å². The zero-order chi connectivity index (χ0) is 6.85. The highest BCUT2D eigenvalue weighted by atomic mass is 16.5. The molecule has 1 aliphatic heterocycles. The smallest absolute Gasteiger partial charge is 0.310 e. The molecule has 0 radical (unpaired) electrons. The van der Waals surface area contributed by atoms with Gasteiger partial charge in [0.15, 0.2) is 6.10 Å². The van der Waals surface area contributed by atoms with E-state index in [-0.39, 0.29) is 18.0 Å². The highest BCUT2D eigenvalue weighted by Gasteiger charge is 2.28. The van der Waals surface area contributed by atoms with Gasteiger partial charge in [-0.05, 0) is 0 Å². The Kier molecular flexibility index (Phi) is 1.44. The number of rotatable bonds is 0.